The first kappa shape index (κ1) is 70.9. The zero-order valence-electron chi connectivity index (χ0n) is 50.6. The zero-order chi connectivity index (χ0) is 68.5. The van der Waals surface area contributed by atoms with Gasteiger partial charge in [-0.1, -0.05) is 43.5 Å². The van der Waals surface area contributed by atoms with Gasteiger partial charge in [0.25, 0.3) is 17.2 Å². The van der Waals surface area contributed by atoms with Crippen molar-refractivity contribution in [3.63, 3.8) is 0 Å². The average molecular weight is 1380 g/mol. The van der Waals surface area contributed by atoms with Crippen LogP contribution in [0.3, 0.4) is 0 Å². The van der Waals surface area contributed by atoms with Crippen LogP contribution in [0.1, 0.15) is 136 Å². The first-order valence-electron chi connectivity index (χ1n) is 28.0. The van der Waals surface area contributed by atoms with Gasteiger partial charge < -0.3 is 14.9 Å². The van der Waals surface area contributed by atoms with E-state index in [1.165, 1.54) is 73.6 Å². The highest BCUT2D eigenvalue weighted by Crippen LogP contribution is 2.68. The van der Waals surface area contributed by atoms with Crippen molar-refractivity contribution < 1.29 is 98.7 Å². The number of phosphoric ester groups is 1. The third-order valence-electron chi connectivity index (χ3n) is 15.0. The van der Waals surface area contributed by atoms with E-state index < -0.39 is 195 Å². The van der Waals surface area contributed by atoms with E-state index in [0.717, 1.165) is 36.6 Å². The van der Waals surface area contributed by atoms with Crippen LogP contribution in [0.2, 0.25) is 5.02 Å². The summed E-state index contributed by atoms with van der Waals surface area (Å²) in [5.41, 5.74) is -7.65. The number of hydrogen-bond acceptors (Lipinski definition) is 13. The summed E-state index contributed by atoms with van der Waals surface area (Å²) in [6.45, 7) is 8.63. The summed E-state index contributed by atoms with van der Waals surface area (Å²) in [5.74, 6) is -7.97. The number of carboxylic acid groups (broad SMARTS) is 1. The number of pyridine rings is 1. The maximum atomic E-state index is 15.8. The number of rotatable bonds is 23. The third-order valence-corrected chi connectivity index (χ3v) is 19.7. The number of nitrogens with one attached hydrogen (secondary N) is 1. The average Bonchev–Trinajstić information content (AvgIpc) is 1.52. The Kier molecular flexibility index (Phi) is 19.9. The molecule has 92 heavy (non-hydrogen) atoms. The first-order chi connectivity index (χ1) is 42.3. The summed E-state index contributed by atoms with van der Waals surface area (Å²) >= 11 is 3.49. The van der Waals surface area contributed by atoms with Crippen LogP contribution >= 0.6 is 19.4 Å². The topological polar surface area (TPSA) is 251 Å². The number of carboxylic acids is 1. The molecular formula is C59H61ClF10N7O12PS2. The number of nitrogens with zero attached hydrogens (tertiary/aromatic N) is 6. The standard InChI is InChI=1S/C59H61ClF10N7O12PS2/c1-29(2)87-90(82,88-30(3)4)89-44-18-31(5)17-33(22-47(80)81)50(44)55(6,7)25-46(79)77(91(83)84)26-43-49-41(60)14-13-38(52(49)76(73-43)28-57(63,64)65)37-12-11-36(15-16-56(8,9)92(10,85)86)71-51(37)42(21-32-19-34(61)23-35(62)20-32)72-45(78)27-75-54-48(53(74-75)59(68,69)70)39-24-40(39)58(54,66)67/h11-14,17-20,23,29-30,39-40,42H,21-22,24-28H2,1-10H3,(H,72,78)(H,80,81)(H,83,84)/t39-,40+,42-/m0/s1. The van der Waals surface area contributed by atoms with Crippen molar-refractivity contribution >= 4 is 69.2 Å². The van der Waals surface area contributed by atoms with Crippen molar-refractivity contribution in [2.45, 2.75) is 160 Å². The maximum absolute atomic E-state index is 15.8. The normalized spacial score (nSPS) is 16.5. The lowest BCUT2D eigenvalue weighted by Crippen LogP contribution is -2.37. The molecule has 2 aliphatic carbocycles. The minimum atomic E-state index is -5.25. The van der Waals surface area contributed by atoms with E-state index in [4.69, 9.17) is 25.2 Å². The van der Waals surface area contributed by atoms with E-state index in [-0.39, 0.29) is 55.4 Å². The molecule has 0 radical (unpaired) electrons. The number of sulfone groups is 1. The van der Waals surface area contributed by atoms with Gasteiger partial charge in [0.1, 0.15) is 46.6 Å². The molecule has 0 aliphatic heterocycles. The molecule has 0 spiro atoms. The van der Waals surface area contributed by atoms with Crippen LogP contribution in [0.5, 0.6) is 5.75 Å². The Morgan fingerprint density at radius 1 is 0.935 bits per heavy atom. The Morgan fingerprint density at radius 3 is 2.12 bits per heavy atom. The smallest absolute Gasteiger partial charge is 0.481 e. The Hall–Kier alpha value is -6.94. The first-order valence-corrected chi connectivity index (χ1v) is 32.8. The summed E-state index contributed by atoms with van der Waals surface area (Å²) in [5, 5.41) is 19.3. The Bertz CT molecular complexity index is 4170. The summed E-state index contributed by atoms with van der Waals surface area (Å²) in [6, 6.07) is 7.70. The number of aromatic nitrogens is 5. The molecule has 8 rings (SSSR count). The number of aryl methyl sites for hydroxylation is 1. The van der Waals surface area contributed by atoms with Crippen molar-refractivity contribution in [1.29, 1.82) is 0 Å². The molecule has 19 nitrogen and oxygen atoms in total. The molecule has 1 fully saturated rings. The molecule has 2 amide bonds. The summed E-state index contributed by atoms with van der Waals surface area (Å²) in [7, 11) is -8.50. The van der Waals surface area contributed by atoms with Crippen LogP contribution in [0.4, 0.5) is 43.9 Å². The highest BCUT2D eigenvalue weighted by molar-refractivity contribution is 7.92. The number of amides is 2. The van der Waals surface area contributed by atoms with E-state index in [9.17, 15) is 67.6 Å². The van der Waals surface area contributed by atoms with Gasteiger partial charge in [-0.2, -0.15) is 45.3 Å². The molecule has 0 saturated heterocycles. The second-order valence-electron chi connectivity index (χ2n) is 24.1. The van der Waals surface area contributed by atoms with Gasteiger partial charge in [-0.25, -0.2) is 35.3 Å². The lowest BCUT2D eigenvalue weighted by Gasteiger charge is -2.32. The Morgan fingerprint density at radius 2 is 1.55 bits per heavy atom. The zero-order valence-corrected chi connectivity index (χ0v) is 53.9. The molecule has 1 saturated carbocycles. The summed E-state index contributed by atoms with van der Waals surface area (Å²) < 4.78 is 230. The lowest BCUT2D eigenvalue weighted by molar-refractivity contribution is -0.143. The van der Waals surface area contributed by atoms with Crippen molar-refractivity contribution in [2.75, 3.05) is 6.26 Å². The molecule has 3 N–H and O–H groups in total. The molecular weight excluding hydrogens is 1320 g/mol. The van der Waals surface area contributed by atoms with Crippen LogP contribution in [0, 0.1) is 36.3 Å². The van der Waals surface area contributed by atoms with Crippen LogP contribution in [0.25, 0.3) is 22.0 Å². The van der Waals surface area contributed by atoms with Crippen molar-refractivity contribution in [3.05, 3.63) is 128 Å². The molecule has 1 unspecified atom stereocenters. The summed E-state index contributed by atoms with van der Waals surface area (Å²) in [4.78, 5) is 46.0. The number of carbonyl (C=O) groups is 3. The molecule has 33 heteroatoms. The molecule has 6 aromatic rings. The lowest BCUT2D eigenvalue weighted by atomic mass is 9.77. The third kappa shape index (κ3) is 15.6. The van der Waals surface area contributed by atoms with Crippen LogP contribution in [-0.2, 0) is 99.1 Å². The van der Waals surface area contributed by atoms with Crippen molar-refractivity contribution in [1.82, 2.24) is 34.2 Å². The predicted molar refractivity (Wildman–Crippen MR) is 315 cm³/mol. The van der Waals surface area contributed by atoms with Gasteiger partial charge in [-0.05, 0) is 126 Å². The molecule has 0 bridgehead atoms. The molecule has 2 aliphatic rings. The number of carbonyl (C=O) groups excluding carboxylic acids is 2. The van der Waals surface area contributed by atoms with Gasteiger partial charge in [0, 0.05) is 57.7 Å². The maximum Gasteiger partial charge on any atom is 0.530 e. The number of aliphatic carboxylic acids is 1. The largest absolute Gasteiger partial charge is 0.530 e. The molecule has 498 valence electrons. The van der Waals surface area contributed by atoms with Crippen molar-refractivity contribution in [3.8, 4) is 28.7 Å². The number of halogens is 11. The quantitative estimate of drug-likeness (QED) is 0.0233. The molecule has 3 heterocycles. The van der Waals surface area contributed by atoms with Gasteiger partial charge in [0.15, 0.2) is 15.5 Å². The van der Waals surface area contributed by atoms with Crippen LogP contribution < -0.4 is 9.84 Å². The second-order valence-corrected chi connectivity index (χ2v) is 29.4. The number of phosphoric acid groups is 1. The fourth-order valence-electron chi connectivity index (χ4n) is 11.1. The Labute approximate surface area is 528 Å². The van der Waals surface area contributed by atoms with E-state index >= 15 is 17.6 Å². The van der Waals surface area contributed by atoms with E-state index in [1.54, 1.807) is 6.92 Å². The molecule has 3 aromatic heterocycles. The van der Waals surface area contributed by atoms with Gasteiger partial charge in [0.2, 0.25) is 11.8 Å². The van der Waals surface area contributed by atoms with Crippen molar-refractivity contribution in [2.24, 2.45) is 5.92 Å². The molecule has 3 aromatic carbocycles. The minimum Gasteiger partial charge on any atom is -0.481 e. The van der Waals surface area contributed by atoms with Crippen LogP contribution in [-0.4, -0.2) is 98.3 Å². The Balaban J connectivity index is 1.29. The highest BCUT2D eigenvalue weighted by Gasteiger charge is 2.68. The summed E-state index contributed by atoms with van der Waals surface area (Å²) in [6.07, 6.45) is -13.6. The monoisotopic (exact) mass is 1380 g/mol. The van der Waals surface area contributed by atoms with Gasteiger partial charge in [0.05, 0.1) is 53.1 Å². The minimum absolute atomic E-state index is 0.0362. The number of hydrogen-bond donors (Lipinski definition) is 3. The number of benzene rings is 3. The molecule has 4 atom stereocenters. The fourth-order valence-corrected chi connectivity index (χ4v) is 13.6. The highest BCUT2D eigenvalue weighted by atomic mass is 35.5. The van der Waals surface area contributed by atoms with E-state index in [1.807, 2.05) is 0 Å². The van der Waals surface area contributed by atoms with Gasteiger partial charge in [-0.3, -0.25) is 37.3 Å². The van der Waals surface area contributed by atoms with Gasteiger partial charge >= 0.3 is 26.1 Å². The SMILES string of the molecule is Cc1cc(CC(=O)O)c(C(C)(C)CC(=O)N(Cc2nn(CC(F)(F)F)c3c(-c4ccc(C#CC(C)(C)S(C)(=O)=O)nc4[C@H](Cc4cc(F)cc(F)c4)NC(=O)Cn4nc(C(F)(F)F)c5c4C(F)(F)[C@@H]4C[C@H]54)ccc(Cl)c23)S(=O)O)c(OP(=O)(OC(C)C)OC(C)C)c1. The number of fused-ring (bicyclic) bond motifs is 4. The number of alkyl halides is 8. The fraction of sp³-hybridized carbons (Fsp3) is 0.458. The van der Waals surface area contributed by atoms with Gasteiger partial charge in [-0.15, -0.1) is 0 Å². The van der Waals surface area contributed by atoms with E-state index in [0.29, 0.717) is 20.6 Å². The van der Waals surface area contributed by atoms with E-state index in [2.05, 4.69) is 32.3 Å². The second kappa shape index (κ2) is 25.8. The predicted octanol–water partition coefficient (Wildman–Crippen LogP) is 12.4. The van der Waals surface area contributed by atoms with Crippen LogP contribution in [0.15, 0.2) is 54.6 Å².